The number of thioether (sulfide) groups is 1. The average molecular weight is 379 g/mol. The molecule has 1 amide bonds. The second kappa shape index (κ2) is 7.56. The van der Waals surface area contributed by atoms with Crippen molar-refractivity contribution in [1.29, 1.82) is 0 Å². The molecule has 0 fully saturated rings. The summed E-state index contributed by atoms with van der Waals surface area (Å²) in [4.78, 5) is 26.9. The highest BCUT2D eigenvalue weighted by Gasteiger charge is 2.24. The van der Waals surface area contributed by atoms with E-state index in [4.69, 9.17) is 0 Å². The molecule has 1 N–H and O–H groups in total. The van der Waals surface area contributed by atoms with Gasteiger partial charge in [0.1, 0.15) is 0 Å². The fourth-order valence-electron chi connectivity index (χ4n) is 3.48. The van der Waals surface area contributed by atoms with Gasteiger partial charge in [-0.25, -0.2) is 4.68 Å². The second-order valence-corrected chi connectivity index (χ2v) is 7.76. The van der Waals surface area contributed by atoms with Gasteiger partial charge < -0.3 is 5.32 Å². The van der Waals surface area contributed by atoms with E-state index >= 15 is 0 Å². The number of aromatic nitrogens is 2. The maximum absolute atomic E-state index is 13.1. The minimum absolute atomic E-state index is 0.0398. The molecule has 2 heterocycles. The molecule has 1 aliphatic heterocycles. The molecule has 138 valence electrons. The van der Waals surface area contributed by atoms with Crippen LogP contribution in [0.25, 0.3) is 10.8 Å². The van der Waals surface area contributed by atoms with Crippen LogP contribution in [-0.2, 0) is 6.54 Å². The number of rotatable bonds is 4. The van der Waals surface area contributed by atoms with Crippen molar-refractivity contribution in [1.82, 2.24) is 15.1 Å². The molecule has 5 nitrogen and oxygen atoms in total. The van der Waals surface area contributed by atoms with Crippen molar-refractivity contribution in [2.45, 2.75) is 37.2 Å². The summed E-state index contributed by atoms with van der Waals surface area (Å²) in [6.07, 6.45) is 1.65. The lowest BCUT2D eigenvalue weighted by Crippen LogP contribution is -2.34. The molecule has 27 heavy (non-hydrogen) atoms. The van der Waals surface area contributed by atoms with Crippen LogP contribution in [0.2, 0.25) is 0 Å². The van der Waals surface area contributed by atoms with Gasteiger partial charge in [-0.1, -0.05) is 43.3 Å². The topological polar surface area (TPSA) is 64.0 Å². The zero-order valence-corrected chi connectivity index (χ0v) is 16.0. The van der Waals surface area contributed by atoms with Gasteiger partial charge in [-0.15, -0.1) is 11.8 Å². The number of hydrogen-bond acceptors (Lipinski definition) is 4. The molecule has 1 unspecified atom stereocenters. The van der Waals surface area contributed by atoms with E-state index < -0.39 is 0 Å². The number of nitrogens with zero attached hydrogens (tertiary/aromatic N) is 2. The Labute approximate surface area is 161 Å². The third kappa shape index (κ3) is 3.37. The summed E-state index contributed by atoms with van der Waals surface area (Å²) < 4.78 is 1.40. The number of hydrogen-bond donors (Lipinski definition) is 1. The molecule has 0 radical (unpaired) electrons. The molecule has 0 spiro atoms. The van der Waals surface area contributed by atoms with E-state index in [1.807, 2.05) is 43.0 Å². The van der Waals surface area contributed by atoms with Crippen molar-refractivity contribution in [3.63, 3.8) is 0 Å². The quantitative estimate of drug-likeness (QED) is 0.749. The highest BCUT2D eigenvalue weighted by molar-refractivity contribution is 7.99. The predicted molar refractivity (Wildman–Crippen MR) is 108 cm³/mol. The molecule has 4 rings (SSSR count). The van der Waals surface area contributed by atoms with E-state index in [1.54, 1.807) is 12.1 Å². The summed E-state index contributed by atoms with van der Waals surface area (Å²) in [5.74, 6) is 0.730. The number of aryl methyl sites for hydroxylation is 1. The molecule has 1 aliphatic rings. The molecule has 1 aromatic heterocycles. The Hall–Kier alpha value is -2.60. The van der Waals surface area contributed by atoms with Crippen LogP contribution in [0, 0.1) is 0 Å². The van der Waals surface area contributed by atoms with Gasteiger partial charge in [0.25, 0.3) is 11.5 Å². The first-order valence-corrected chi connectivity index (χ1v) is 10.2. The van der Waals surface area contributed by atoms with Crippen LogP contribution < -0.4 is 10.9 Å². The minimum atomic E-state index is -0.234. The van der Waals surface area contributed by atoms with Crippen molar-refractivity contribution in [2.24, 2.45) is 0 Å². The van der Waals surface area contributed by atoms with Crippen molar-refractivity contribution < 1.29 is 4.79 Å². The molecule has 2 aromatic carbocycles. The number of nitrogens with one attached hydrogen (secondary N) is 1. The van der Waals surface area contributed by atoms with Gasteiger partial charge >= 0.3 is 0 Å². The predicted octanol–water partition coefficient (Wildman–Crippen LogP) is 3.77. The van der Waals surface area contributed by atoms with Crippen LogP contribution in [0.5, 0.6) is 0 Å². The Kier molecular flexibility index (Phi) is 4.99. The second-order valence-electron chi connectivity index (χ2n) is 6.62. The van der Waals surface area contributed by atoms with Gasteiger partial charge in [-0.05, 0) is 30.5 Å². The Morgan fingerprint density at radius 1 is 1.19 bits per heavy atom. The molecular weight excluding hydrogens is 358 g/mol. The summed E-state index contributed by atoms with van der Waals surface area (Å²) in [6, 6.07) is 15.3. The van der Waals surface area contributed by atoms with E-state index in [-0.39, 0.29) is 17.5 Å². The molecule has 0 saturated heterocycles. The van der Waals surface area contributed by atoms with Gasteiger partial charge in [0, 0.05) is 22.6 Å². The summed E-state index contributed by atoms with van der Waals surface area (Å²) in [5, 5.41) is 8.68. The lowest BCUT2D eigenvalue weighted by molar-refractivity contribution is 0.0929. The van der Waals surface area contributed by atoms with E-state index in [9.17, 15) is 9.59 Å². The summed E-state index contributed by atoms with van der Waals surface area (Å²) in [7, 11) is 0. The van der Waals surface area contributed by atoms with Gasteiger partial charge in [-0.3, -0.25) is 9.59 Å². The van der Waals surface area contributed by atoms with Crippen molar-refractivity contribution in [2.75, 3.05) is 5.75 Å². The van der Waals surface area contributed by atoms with Crippen LogP contribution in [0.1, 0.15) is 41.9 Å². The normalized spacial score (nSPS) is 16.1. The summed E-state index contributed by atoms with van der Waals surface area (Å²) >= 11 is 1.82. The number of carbonyl (C=O) groups excluding carboxylic acids is 1. The fraction of sp³-hybridized carbons (Fsp3) is 0.286. The number of benzene rings is 2. The Balaban J connectivity index is 1.73. The summed E-state index contributed by atoms with van der Waals surface area (Å²) in [5.41, 5.74) is 1.31. The number of amides is 1. The Bertz CT molecular complexity index is 1060. The van der Waals surface area contributed by atoms with Crippen LogP contribution in [0.15, 0.2) is 58.2 Å². The zero-order chi connectivity index (χ0) is 18.8. The first-order valence-electron chi connectivity index (χ1n) is 9.21. The highest BCUT2D eigenvalue weighted by Crippen LogP contribution is 2.36. The van der Waals surface area contributed by atoms with Crippen molar-refractivity contribution in [3.8, 4) is 0 Å². The third-order valence-corrected chi connectivity index (χ3v) is 5.90. The molecule has 6 heteroatoms. The van der Waals surface area contributed by atoms with E-state index in [1.165, 1.54) is 9.58 Å². The number of carbonyl (C=O) groups is 1. The monoisotopic (exact) mass is 379 g/mol. The van der Waals surface area contributed by atoms with E-state index in [0.717, 1.165) is 24.2 Å². The first kappa shape index (κ1) is 17.8. The van der Waals surface area contributed by atoms with Gasteiger partial charge in [0.15, 0.2) is 5.69 Å². The van der Waals surface area contributed by atoms with Crippen LogP contribution in [0.4, 0.5) is 0 Å². The zero-order valence-electron chi connectivity index (χ0n) is 15.1. The largest absolute Gasteiger partial charge is 0.344 e. The lowest BCUT2D eigenvalue weighted by Gasteiger charge is -2.26. The third-order valence-electron chi connectivity index (χ3n) is 4.78. The van der Waals surface area contributed by atoms with Crippen LogP contribution >= 0.6 is 11.8 Å². The van der Waals surface area contributed by atoms with Gasteiger partial charge in [0.05, 0.1) is 11.4 Å². The van der Waals surface area contributed by atoms with Gasteiger partial charge in [-0.2, -0.15) is 5.10 Å². The van der Waals surface area contributed by atoms with E-state index in [2.05, 4.69) is 22.5 Å². The molecule has 0 aliphatic carbocycles. The Morgan fingerprint density at radius 2 is 1.93 bits per heavy atom. The lowest BCUT2D eigenvalue weighted by atomic mass is 10.0. The van der Waals surface area contributed by atoms with Crippen LogP contribution in [-0.4, -0.2) is 21.4 Å². The highest BCUT2D eigenvalue weighted by atomic mass is 32.2. The molecule has 0 bridgehead atoms. The van der Waals surface area contributed by atoms with Crippen molar-refractivity contribution in [3.05, 3.63) is 70.1 Å². The molecule has 1 atom stereocenters. The standard InChI is InChI=1S/C21H21N3O2S/c1-2-12-24-21(26)15-8-4-3-7-14(15)19(23-24)20(25)22-17-11-13-27-18-10-6-5-9-16(17)18/h3-10,17H,2,11-13H2,1H3,(H,22,25). The smallest absolute Gasteiger partial charge is 0.274 e. The first-order chi connectivity index (χ1) is 13.2. The molecule has 0 saturated carbocycles. The number of fused-ring (bicyclic) bond motifs is 2. The Morgan fingerprint density at radius 3 is 2.74 bits per heavy atom. The average Bonchev–Trinajstić information content (AvgIpc) is 2.70. The summed E-state index contributed by atoms with van der Waals surface area (Å²) in [6.45, 7) is 2.48. The van der Waals surface area contributed by atoms with E-state index in [0.29, 0.717) is 23.0 Å². The molecule has 3 aromatic rings. The fourth-order valence-corrected chi connectivity index (χ4v) is 4.61. The van der Waals surface area contributed by atoms with Crippen LogP contribution in [0.3, 0.4) is 0 Å². The SMILES string of the molecule is CCCn1nc(C(=O)NC2CCSc3ccccc32)c2ccccc2c1=O. The maximum Gasteiger partial charge on any atom is 0.274 e. The van der Waals surface area contributed by atoms with Crippen molar-refractivity contribution >= 4 is 28.4 Å². The van der Waals surface area contributed by atoms with Gasteiger partial charge in [0.2, 0.25) is 0 Å². The molecular formula is C21H21N3O2S. The minimum Gasteiger partial charge on any atom is -0.344 e. The maximum atomic E-state index is 13.1.